The van der Waals surface area contributed by atoms with Crippen molar-refractivity contribution in [2.45, 2.75) is 31.7 Å². The summed E-state index contributed by atoms with van der Waals surface area (Å²) in [6, 6.07) is 15.0. The molecule has 2 aromatic rings. The second-order valence-corrected chi connectivity index (χ2v) is 5.99. The van der Waals surface area contributed by atoms with E-state index < -0.39 is 10.9 Å². The van der Waals surface area contributed by atoms with Crippen molar-refractivity contribution < 1.29 is 19.6 Å². The van der Waals surface area contributed by atoms with E-state index in [2.05, 4.69) is 5.32 Å². The number of carboxylic acids is 1. The van der Waals surface area contributed by atoms with E-state index in [4.69, 9.17) is 5.11 Å². The van der Waals surface area contributed by atoms with E-state index in [1.165, 1.54) is 12.1 Å². The lowest BCUT2D eigenvalue weighted by molar-refractivity contribution is -0.384. The summed E-state index contributed by atoms with van der Waals surface area (Å²) < 4.78 is 0. The molecular weight excluding hydrogens is 336 g/mol. The first-order valence-corrected chi connectivity index (χ1v) is 8.22. The monoisotopic (exact) mass is 356 g/mol. The number of aliphatic carboxylic acids is 1. The molecule has 7 heteroatoms. The number of carboxylic acid groups (broad SMARTS) is 1. The van der Waals surface area contributed by atoms with Crippen molar-refractivity contribution in [3.63, 3.8) is 0 Å². The maximum absolute atomic E-state index is 12.3. The maximum atomic E-state index is 12.3. The lowest BCUT2D eigenvalue weighted by Gasteiger charge is -2.18. The molecule has 0 radical (unpaired) electrons. The Labute approximate surface area is 150 Å². The Morgan fingerprint density at radius 3 is 2.27 bits per heavy atom. The smallest absolute Gasteiger partial charge is 0.303 e. The average Bonchev–Trinajstić information content (AvgIpc) is 2.61. The molecule has 2 aromatic carbocycles. The van der Waals surface area contributed by atoms with Gasteiger partial charge in [-0.3, -0.25) is 19.7 Å². The number of carbonyl (C=O) groups excluding carboxylic acids is 1. The van der Waals surface area contributed by atoms with E-state index in [9.17, 15) is 19.7 Å². The molecule has 0 aliphatic heterocycles. The van der Waals surface area contributed by atoms with Gasteiger partial charge in [-0.05, 0) is 24.0 Å². The Kier molecular flexibility index (Phi) is 6.84. The molecule has 7 nitrogen and oxygen atoms in total. The molecular formula is C19H20N2O5. The van der Waals surface area contributed by atoms with Crippen molar-refractivity contribution in [1.29, 1.82) is 0 Å². The molecule has 1 unspecified atom stereocenters. The summed E-state index contributed by atoms with van der Waals surface area (Å²) in [5.41, 5.74) is 1.64. The van der Waals surface area contributed by atoms with Gasteiger partial charge in [-0.15, -0.1) is 0 Å². The average molecular weight is 356 g/mol. The predicted octanol–water partition coefficient (Wildman–Crippen LogP) is 2.73. The molecule has 136 valence electrons. The zero-order chi connectivity index (χ0) is 18.9. The minimum absolute atomic E-state index is 0.0300. The third-order valence-electron chi connectivity index (χ3n) is 3.91. The fourth-order valence-corrected chi connectivity index (χ4v) is 2.62. The highest BCUT2D eigenvalue weighted by molar-refractivity contribution is 5.79. The normalized spacial score (nSPS) is 11.5. The largest absolute Gasteiger partial charge is 0.481 e. The molecule has 0 aliphatic rings. The first-order chi connectivity index (χ1) is 12.4. The van der Waals surface area contributed by atoms with Crippen molar-refractivity contribution in [3.05, 3.63) is 75.8 Å². The van der Waals surface area contributed by atoms with Crippen LogP contribution >= 0.6 is 0 Å². The van der Waals surface area contributed by atoms with Crippen LogP contribution in [0, 0.1) is 10.1 Å². The molecule has 2 rings (SSSR count). The number of non-ortho nitro benzene ring substituents is 1. The van der Waals surface area contributed by atoms with E-state index in [0.29, 0.717) is 18.4 Å². The molecule has 1 atom stereocenters. The Morgan fingerprint density at radius 2 is 1.69 bits per heavy atom. The van der Waals surface area contributed by atoms with Crippen LogP contribution in [0.5, 0.6) is 0 Å². The summed E-state index contributed by atoms with van der Waals surface area (Å²) in [4.78, 5) is 33.3. The van der Waals surface area contributed by atoms with E-state index in [-0.39, 0.29) is 30.5 Å². The van der Waals surface area contributed by atoms with Gasteiger partial charge in [0.25, 0.3) is 5.69 Å². The topological polar surface area (TPSA) is 110 Å². The predicted molar refractivity (Wildman–Crippen MR) is 95.7 cm³/mol. The van der Waals surface area contributed by atoms with E-state index >= 15 is 0 Å². The molecule has 26 heavy (non-hydrogen) atoms. The van der Waals surface area contributed by atoms with Crippen molar-refractivity contribution in [1.82, 2.24) is 5.32 Å². The van der Waals surface area contributed by atoms with E-state index in [1.54, 1.807) is 12.1 Å². The number of carbonyl (C=O) groups is 2. The SMILES string of the molecule is O=C(O)CCC(Cc1ccccc1)NC(=O)Cc1ccc([N+](=O)[O-])cc1. The number of rotatable bonds is 9. The Morgan fingerprint density at radius 1 is 1.04 bits per heavy atom. The molecule has 0 fully saturated rings. The number of benzene rings is 2. The molecule has 0 saturated heterocycles. The number of nitrogens with zero attached hydrogens (tertiary/aromatic N) is 1. The summed E-state index contributed by atoms with van der Waals surface area (Å²) in [5.74, 6) is -1.15. The Balaban J connectivity index is 1.97. The van der Waals surface area contributed by atoms with Gasteiger partial charge in [0, 0.05) is 24.6 Å². The standard InChI is InChI=1S/C19H20N2O5/c22-18(13-15-6-9-17(10-7-15)21(25)26)20-16(8-11-19(23)24)12-14-4-2-1-3-5-14/h1-7,9-10,16H,8,11-13H2,(H,20,22)(H,23,24). The maximum Gasteiger partial charge on any atom is 0.303 e. The molecule has 0 aliphatic carbocycles. The summed E-state index contributed by atoms with van der Waals surface area (Å²) in [7, 11) is 0. The second kappa shape index (κ2) is 9.31. The van der Waals surface area contributed by atoms with Gasteiger partial charge in [-0.2, -0.15) is 0 Å². The summed E-state index contributed by atoms with van der Waals surface area (Å²) in [6.07, 6.45) is 0.919. The molecule has 2 N–H and O–H groups in total. The fraction of sp³-hybridized carbons (Fsp3) is 0.263. The summed E-state index contributed by atoms with van der Waals surface area (Å²) in [5, 5.41) is 22.4. The lowest BCUT2D eigenvalue weighted by Crippen LogP contribution is -2.37. The fourth-order valence-electron chi connectivity index (χ4n) is 2.62. The zero-order valence-electron chi connectivity index (χ0n) is 14.1. The van der Waals surface area contributed by atoms with Gasteiger partial charge in [0.05, 0.1) is 11.3 Å². The minimum atomic E-state index is -0.910. The van der Waals surface area contributed by atoms with Gasteiger partial charge in [0.15, 0.2) is 0 Å². The highest BCUT2D eigenvalue weighted by Gasteiger charge is 2.15. The first-order valence-electron chi connectivity index (χ1n) is 8.22. The van der Waals surface area contributed by atoms with Crippen LogP contribution in [0.3, 0.4) is 0 Å². The summed E-state index contributed by atoms with van der Waals surface area (Å²) >= 11 is 0. The Bertz CT molecular complexity index is 759. The quantitative estimate of drug-likeness (QED) is 0.530. The van der Waals surface area contributed by atoms with Gasteiger partial charge in [-0.1, -0.05) is 42.5 Å². The minimum Gasteiger partial charge on any atom is -0.481 e. The van der Waals surface area contributed by atoms with Gasteiger partial charge < -0.3 is 10.4 Å². The number of nitro benzene ring substituents is 1. The van der Waals surface area contributed by atoms with Crippen molar-refractivity contribution in [3.8, 4) is 0 Å². The zero-order valence-corrected chi connectivity index (χ0v) is 14.1. The third kappa shape index (κ3) is 6.35. The molecule has 0 heterocycles. The van der Waals surface area contributed by atoms with Crippen LogP contribution in [0.15, 0.2) is 54.6 Å². The van der Waals surface area contributed by atoms with Crippen LogP contribution in [-0.4, -0.2) is 27.9 Å². The highest BCUT2D eigenvalue weighted by Crippen LogP contribution is 2.13. The summed E-state index contributed by atoms with van der Waals surface area (Å²) in [6.45, 7) is 0. The van der Waals surface area contributed by atoms with Crippen LogP contribution in [0.2, 0.25) is 0 Å². The van der Waals surface area contributed by atoms with Crippen LogP contribution in [0.4, 0.5) is 5.69 Å². The number of hydrogen-bond acceptors (Lipinski definition) is 4. The number of amides is 1. The molecule has 0 bridgehead atoms. The number of nitro groups is 1. The molecule has 0 aromatic heterocycles. The van der Waals surface area contributed by atoms with Crippen molar-refractivity contribution in [2.75, 3.05) is 0 Å². The Hall–Kier alpha value is -3.22. The lowest BCUT2D eigenvalue weighted by atomic mass is 10.0. The first kappa shape index (κ1) is 19.1. The molecule has 0 spiro atoms. The molecule has 1 amide bonds. The van der Waals surface area contributed by atoms with Gasteiger partial charge >= 0.3 is 5.97 Å². The van der Waals surface area contributed by atoms with Gasteiger partial charge in [-0.25, -0.2) is 0 Å². The number of hydrogen-bond donors (Lipinski definition) is 2. The van der Waals surface area contributed by atoms with Crippen LogP contribution in [0.1, 0.15) is 24.0 Å². The van der Waals surface area contributed by atoms with Gasteiger partial charge in [0.1, 0.15) is 0 Å². The van der Waals surface area contributed by atoms with E-state index in [0.717, 1.165) is 5.56 Å². The number of nitrogens with one attached hydrogen (secondary N) is 1. The van der Waals surface area contributed by atoms with Crippen molar-refractivity contribution >= 4 is 17.6 Å². The van der Waals surface area contributed by atoms with Gasteiger partial charge in [0.2, 0.25) is 5.91 Å². The highest BCUT2D eigenvalue weighted by atomic mass is 16.6. The van der Waals surface area contributed by atoms with Crippen molar-refractivity contribution in [2.24, 2.45) is 0 Å². The van der Waals surface area contributed by atoms with Crippen LogP contribution < -0.4 is 5.32 Å². The third-order valence-corrected chi connectivity index (χ3v) is 3.91. The van der Waals surface area contributed by atoms with Crippen LogP contribution in [0.25, 0.3) is 0 Å². The van der Waals surface area contributed by atoms with E-state index in [1.807, 2.05) is 30.3 Å². The molecule has 0 saturated carbocycles. The van der Waals surface area contributed by atoms with Crippen LogP contribution in [-0.2, 0) is 22.4 Å². The second-order valence-electron chi connectivity index (χ2n) is 5.99.